The van der Waals surface area contributed by atoms with E-state index in [1.165, 1.54) is 135 Å². The van der Waals surface area contributed by atoms with E-state index in [0.717, 1.165) is 0 Å². The van der Waals surface area contributed by atoms with Gasteiger partial charge < -0.3 is 0 Å². The first-order valence-corrected chi connectivity index (χ1v) is 12.4. The lowest BCUT2D eigenvalue weighted by atomic mass is 9.89. The lowest BCUT2D eigenvalue weighted by Gasteiger charge is -2.17. The standard InChI is InChI=1S/C26H53/c1-5-6-7-8-9-10-11-12-13-14-15-16-17-18-19-20-21-22-23-24-25-26(2,3)4/h2,5-25H2,1,3-4H3. The maximum Gasteiger partial charge on any atom is -0.0354 e. The van der Waals surface area contributed by atoms with Crippen molar-refractivity contribution in [3.63, 3.8) is 0 Å². The fourth-order valence-corrected chi connectivity index (χ4v) is 3.86. The molecule has 0 N–H and O–H groups in total. The molecule has 0 aliphatic carbocycles. The van der Waals surface area contributed by atoms with E-state index in [-0.39, 0.29) is 5.41 Å². The second-order valence-electron chi connectivity index (χ2n) is 9.63. The summed E-state index contributed by atoms with van der Waals surface area (Å²) < 4.78 is 0. The lowest BCUT2D eigenvalue weighted by Crippen LogP contribution is -2.04. The zero-order chi connectivity index (χ0) is 19.3. The number of hydrogen-bond acceptors (Lipinski definition) is 0. The van der Waals surface area contributed by atoms with Gasteiger partial charge in [0.05, 0.1) is 0 Å². The van der Waals surface area contributed by atoms with E-state index in [2.05, 4.69) is 27.7 Å². The molecular weight excluding hydrogens is 312 g/mol. The summed E-state index contributed by atoms with van der Waals surface area (Å²) in [6, 6.07) is 0. The zero-order valence-corrected chi connectivity index (χ0v) is 19.1. The monoisotopic (exact) mass is 365 g/mol. The Labute approximate surface area is 168 Å². The molecule has 0 bridgehead atoms. The Bertz CT molecular complexity index is 247. The second-order valence-corrected chi connectivity index (χ2v) is 9.63. The third-order valence-corrected chi connectivity index (χ3v) is 5.71. The Hall–Kier alpha value is 0. The normalized spacial score (nSPS) is 12.0. The third-order valence-electron chi connectivity index (χ3n) is 5.71. The summed E-state index contributed by atoms with van der Waals surface area (Å²) in [6.07, 6.45) is 30.5. The molecule has 0 aliphatic rings. The fraction of sp³-hybridized carbons (Fsp3) is 0.962. The molecular formula is C26H53. The van der Waals surface area contributed by atoms with Crippen molar-refractivity contribution in [2.45, 2.75) is 156 Å². The van der Waals surface area contributed by atoms with Crippen molar-refractivity contribution in [3.05, 3.63) is 6.92 Å². The fourth-order valence-electron chi connectivity index (χ4n) is 3.86. The predicted molar refractivity (Wildman–Crippen MR) is 122 cm³/mol. The average Bonchev–Trinajstić information content (AvgIpc) is 2.59. The highest BCUT2D eigenvalue weighted by molar-refractivity contribution is 4.70. The summed E-state index contributed by atoms with van der Waals surface area (Å²) in [6.45, 7) is 11.0. The van der Waals surface area contributed by atoms with Crippen LogP contribution in [-0.4, -0.2) is 0 Å². The number of unbranched alkanes of at least 4 members (excludes halogenated alkanes) is 19. The Morgan fingerprint density at radius 2 is 0.654 bits per heavy atom. The smallest absolute Gasteiger partial charge is 0.0354 e. The molecule has 0 fully saturated rings. The van der Waals surface area contributed by atoms with E-state index < -0.39 is 0 Å². The molecule has 1 radical (unpaired) electrons. The van der Waals surface area contributed by atoms with Crippen LogP contribution in [0.2, 0.25) is 0 Å². The Morgan fingerprint density at radius 3 is 0.885 bits per heavy atom. The van der Waals surface area contributed by atoms with Gasteiger partial charge in [-0.3, -0.25) is 0 Å². The molecule has 0 aromatic rings. The van der Waals surface area contributed by atoms with Crippen molar-refractivity contribution in [1.82, 2.24) is 0 Å². The van der Waals surface area contributed by atoms with Crippen molar-refractivity contribution >= 4 is 0 Å². The van der Waals surface area contributed by atoms with Crippen molar-refractivity contribution in [3.8, 4) is 0 Å². The van der Waals surface area contributed by atoms with Crippen LogP contribution in [0.1, 0.15) is 156 Å². The van der Waals surface area contributed by atoms with Gasteiger partial charge >= 0.3 is 0 Å². The minimum atomic E-state index is 0.286. The summed E-state index contributed by atoms with van der Waals surface area (Å²) in [5.41, 5.74) is 0.286. The first-order chi connectivity index (χ1) is 12.6. The van der Waals surface area contributed by atoms with E-state index in [0.29, 0.717) is 0 Å². The summed E-state index contributed by atoms with van der Waals surface area (Å²) in [4.78, 5) is 0. The van der Waals surface area contributed by atoms with Gasteiger partial charge in [-0.05, 0) is 18.8 Å². The van der Waals surface area contributed by atoms with Crippen LogP contribution in [0.3, 0.4) is 0 Å². The molecule has 0 aromatic heterocycles. The Balaban J connectivity index is 3.01. The van der Waals surface area contributed by atoms with Crippen molar-refractivity contribution in [1.29, 1.82) is 0 Å². The molecule has 0 saturated heterocycles. The third kappa shape index (κ3) is 24.0. The molecule has 0 amide bonds. The molecule has 0 spiro atoms. The maximum atomic E-state index is 4.19. The van der Waals surface area contributed by atoms with Crippen LogP contribution >= 0.6 is 0 Å². The highest BCUT2D eigenvalue weighted by Gasteiger charge is 2.08. The largest absolute Gasteiger partial charge is 0.0654 e. The minimum Gasteiger partial charge on any atom is -0.0654 e. The van der Waals surface area contributed by atoms with Crippen LogP contribution in [0.25, 0.3) is 0 Å². The topological polar surface area (TPSA) is 0 Å². The highest BCUT2D eigenvalue weighted by Crippen LogP contribution is 2.22. The van der Waals surface area contributed by atoms with Gasteiger partial charge in [0.2, 0.25) is 0 Å². The molecule has 157 valence electrons. The molecule has 0 nitrogen and oxygen atoms in total. The molecule has 0 rings (SSSR count). The van der Waals surface area contributed by atoms with Crippen molar-refractivity contribution < 1.29 is 0 Å². The number of rotatable bonds is 21. The summed E-state index contributed by atoms with van der Waals surface area (Å²) in [5, 5.41) is 0. The van der Waals surface area contributed by atoms with Crippen LogP contribution in [0.15, 0.2) is 0 Å². The SMILES string of the molecule is [CH2]C(C)(C)CCCCCCCCCCCCCCCCCCCCCC. The first kappa shape index (κ1) is 26.0. The predicted octanol–water partition coefficient (Wildman–Crippen LogP) is 10.1. The lowest BCUT2D eigenvalue weighted by molar-refractivity contribution is 0.403. The van der Waals surface area contributed by atoms with Gasteiger partial charge in [0.25, 0.3) is 0 Å². The van der Waals surface area contributed by atoms with Crippen LogP contribution in [-0.2, 0) is 0 Å². The Kier molecular flexibility index (Phi) is 19.8. The van der Waals surface area contributed by atoms with Crippen molar-refractivity contribution in [2.75, 3.05) is 0 Å². The maximum absolute atomic E-state index is 4.19. The average molecular weight is 366 g/mol. The van der Waals surface area contributed by atoms with Gasteiger partial charge in [0.1, 0.15) is 0 Å². The van der Waals surface area contributed by atoms with Crippen molar-refractivity contribution in [2.24, 2.45) is 5.41 Å². The molecule has 0 unspecified atom stereocenters. The van der Waals surface area contributed by atoms with Gasteiger partial charge in [0.15, 0.2) is 0 Å². The van der Waals surface area contributed by atoms with Crippen LogP contribution in [0, 0.1) is 12.3 Å². The second kappa shape index (κ2) is 19.8. The molecule has 0 heteroatoms. The van der Waals surface area contributed by atoms with Gasteiger partial charge in [-0.15, -0.1) is 0 Å². The summed E-state index contributed by atoms with van der Waals surface area (Å²) in [7, 11) is 0. The van der Waals surface area contributed by atoms with Crippen LogP contribution in [0.5, 0.6) is 0 Å². The quantitative estimate of drug-likeness (QED) is 0.177. The summed E-state index contributed by atoms with van der Waals surface area (Å²) in [5.74, 6) is 0. The Morgan fingerprint density at radius 1 is 0.423 bits per heavy atom. The van der Waals surface area contributed by atoms with Gasteiger partial charge in [-0.2, -0.15) is 0 Å². The molecule has 0 aromatic carbocycles. The molecule has 0 heterocycles. The molecule has 0 saturated carbocycles. The first-order valence-electron chi connectivity index (χ1n) is 12.4. The van der Waals surface area contributed by atoms with E-state index in [1.54, 1.807) is 0 Å². The van der Waals surface area contributed by atoms with Gasteiger partial charge in [0, 0.05) is 0 Å². The number of hydrogen-bond donors (Lipinski definition) is 0. The van der Waals surface area contributed by atoms with Gasteiger partial charge in [-0.1, -0.05) is 149 Å². The molecule has 0 atom stereocenters. The minimum absolute atomic E-state index is 0.286. The molecule has 0 aliphatic heterocycles. The van der Waals surface area contributed by atoms with E-state index in [9.17, 15) is 0 Å². The zero-order valence-electron chi connectivity index (χ0n) is 19.1. The van der Waals surface area contributed by atoms with E-state index in [1.807, 2.05) is 0 Å². The molecule has 26 heavy (non-hydrogen) atoms. The summed E-state index contributed by atoms with van der Waals surface area (Å²) >= 11 is 0. The van der Waals surface area contributed by atoms with E-state index in [4.69, 9.17) is 0 Å². The van der Waals surface area contributed by atoms with E-state index >= 15 is 0 Å². The van der Waals surface area contributed by atoms with Crippen LogP contribution < -0.4 is 0 Å². The van der Waals surface area contributed by atoms with Gasteiger partial charge in [-0.25, -0.2) is 0 Å². The van der Waals surface area contributed by atoms with Crippen LogP contribution in [0.4, 0.5) is 0 Å². The highest BCUT2D eigenvalue weighted by atomic mass is 14.1.